The Kier molecular flexibility index (Phi) is 3.21. The van der Waals surface area contributed by atoms with Gasteiger partial charge < -0.3 is 0 Å². The third-order valence-electron chi connectivity index (χ3n) is 3.36. The van der Waals surface area contributed by atoms with E-state index < -0.39 is 23.8 Å². The van der Waals surface area contributed by atoms with Gasteiger partial charge in [0.15, 0.2) is 0 Å². The molecule has 1 heterocycles. The van der Waals surface area contributed by atoms with Crippen LogP contribution in [0.2, 0.25) is 0 Å². The summed E-state index contributed by atoms with van der Waals surface area (Å²) in [6.07, 6.45) is 0. The van der Waals surface area contributed by atoms with Crippen molar-refractivity contribution in [3.05, 3.63) is 71.8 Å². The van der Waals surface area contributed by atoms with Crippen molar-refractivity contribution in [3.8, 4) is 0 Å². The largest absolute Gasteiger partial charge is 0.364 e. The summed E-state index contributed by atoms with van der Waals surface area (Å²) in [7, 11) is 0. The molecule has 2 atom stereocenters. The average Bonchev–Trinajstić information content (AvgIpc) is 2.51. The maximum atomic E-state index is 12.0. The Balaban J connectivity index is 2.07. The van der Waals surface area contributed by atoms with Gasteiger partial charge in [-0.25, -0.2) is 19.4 Å². The number of hydrogen-bond donors (Lipinski definition) is 0. The van der Waals surface area contributed by atoms with E-state index >= 15 is 0 Å². The molecule has 0 aliphatic carbocycles. The van der Waals surface area contributed by atoms with Crippen molar-refractivity contribution in [2.75, 3.05) is 0 Å². The first-order chi connectivity index (χ1) is 9.77. The summed E-state index contributed by atoms with van der Waals surface area (Å²) in [5, 5.41) is 0. The monoisotopic (exact) mass is 268 g/mol. The maximum absolute atomic E-state index is 12.0. The van der Waals surface area contributed by atoms with Crippen molar-refractivity contribution in [3.63, 3.8) is 0 Å². The van der Waals surface area contributed by atoms with Gasteiger partial charge in [-0.1, -0.05) is 60.7 Å². The van der Waals surface area contributed by atoms with Gasteiger partial charge in [0.2, 0.25) is 0 Å². The molecule has 0 radical (unpaired) electrons. The highest BCUT2D eigenvalue weighted by molar-refractivity contribution is 5.92. The topological polar surface area (TPSA) is 52.6 Å². The molecule has 20 heavy (non-hydrogen) atoms. The summed E-state index contributed by atoms with van der Waals surface area (Å²) in [5.74, 6) is -2.46. The SMILES string of the molecule is O=C1OOC(=O)[C@@H](c2ccccc2)[C@@H]1c1ccccc1. The van der Waals surface area contributed by atoms with Crippen molar-refractivity contribution in [1.82, 2.24) is 0 Å². The predicted octanol–water partition coefficient (Wildman–Crippen LogP) is 2.57. The van der Waals surface area contributed by atoms with Crippen LogP contribution in [0.15, 0.2) is 60.7 Å². The average molecular weight is 268 g/mol. The number of rotatable bonds is 2. The molecule has 0 unspecified atom stereocenters. The van der Waals surface area contributed by atoms with Gasteiger partial charge in [0.25, 0.3) is 0 Å². The molecule has 4 nitrogen and oxygen atoms in total. The van der Waals surface area contributed by atoms with Crippen LogP contribution in [-0.2, 0) is 19.4 Å². The molecule has 1 fully saturated rings. The number of hydrogen-bond acceptors (Lipinski definition) is 4. The van der Waals surface area contributed by atoms with Gasteiger partial charge in [0, 0.05) is 0 Å². The summed E-state index contributed by atoms with van der Waals surface area (Å²) in [4.78, 5) is 33.1. The highest BCUT2D eigenvalue weighted by Crippen LogP contribution is 2.38. The van der Waals surface area contributed by atoms with E-state index in [0.717, 1.165) is 11.1 Å². The first-order valence-electron chi connectivity index (χ1n) is 6.29. The maximum Gasteiger partial charge on any atom is 0.364 e. The highest BCUT2D eigenvalue weighted by Gasteiger charge is 2.44. The molecule has 1 aliphatic rings. The Morgan fingerprint density at radius 2 is 0.950 bits per heavy atom. The standard InChI is InChI=1S/C16H12O4/c17-15-13(11-7-3-1-4-8-11)14(16(18)20-19-15)12-9-5-2-6-10-12/h1-10,13-14H/t13-,14-/m0/s1. The molecule has 0 bridgehead atoms. The van der Waals surface area contributed by atoms with Crippen molar-refractivity contribution < 1.29 is 19.4 Å². The minimum Gasteiger partial charge on any atom is -0.247 e. The molecule has 4 heteroatoms. The Labute approximate surface area is 115 Å². The molecule has 2 aromatic carbocycles. The highest BCUT2D eigenvalue weighted by atomic mass is 17.2. The Bertz CT molecular complexity index is 564. The van der Waals surface area contributed by atoms with Gasteiger partial charge >= 0.3 is 11.9 Å². The molecular weight excluding hydrogens is 256 g/mol. The molecule has 0 aromatic heterocycles. The van der Waals surface area contributed by atoms with Crippen LogP contribution in [0.25, 0.3) is 0 Å². The summed E-state index contributed by atoms with van der Waals surface area (Å²) >= 11 is 0. The van der Waals surface area contributed by atoms with Gasteiger partial charge in [-0.2, -0.15) is 0 Å². The van der Waals surface area contributed by atoms with Crippen LogP contribution < -0.4 is 0 Å². The van der Waals surface area contributed by atoms with Crippen LogP contribution in [-0.4, -0.2) is 11.9 Å². The zero-order chi connectivity index (χ0) is 13.9. The van der Waals surface area contributed by atoms with Crippen LogP contribution in [0.3, 0.4) is 0 Å². The lowest BCUT2D eigenvalue weighted by Crippen LogP contribution is -2.35. The third kappa shape index (κ3) is 2.16. The summed E-state index contributed by atoms with van der Waals surface area (Å²) in [5.41, 5.74) is 1.48. The Hall–Kier alpha value is -2.62. The van der Waals surface area contributed by atoms with Crippen molar-refractivity contribution in [2.24, 2.45) is 0 Å². The number of carbonyl (C=O) groups excluding carboxylic acids is 2. The fraction of sp³-hybridized carbons (Fsp3) is 0.125. The van der Waals surface area contributed by atoms with Crippen molar-refractivity contribution in [1.29, 1.82) is 0 Å². The normalized spacial score (nSPS) is 22.0. The van der Waals surface area contributed by atoms with Gasteiger partial charge in [-0.15, -0.1) is 0 Å². The molecule has 2 aromatic rings. The van der Waals surface area contributed by atoms with Gasteiger partial charge in [0.05, 0.1) is 0 Å². The molecular formula is C16H12O4. The lowest BCUT2D eigenvalue weighted by atomic mass is 9.81. The van der Waals surface area contributed by atoms with Crippen LogP contribution in [0.1, 0.15) is 23.0 Å². The molecule has 100 valence electrons. The zero-order valence-electron chi connectivity index (χ0n) is 10.6. The lowest BCUT2D eigenvalue weighted by molar-refractivity contribution is -0.272. The van der Waals surface area contributed by atoms with E-state index in [0.29, 0.717) is 0 Å². The quantitative estimate of drug-likeness (QED) is 0.785. The second kappa shape index (κ2) is 5.17. The zero-order valence-corrected chi connectivity index (χ0v) is 10.6. The van der Waals surface area contributed by atoms with E-state index in [1.54, 1.807) is 24.3 Å². The molecule has 0 N–H and O–H groups in total. The fourth-order valence-electron chi connectivity index (χ4n) is 2.44. The van der Waals surface area contributed by atoms with E-state index in [9.17, 15) is 9.59 Å². The second-order valence-corrected chi connectivity index (χ2v) is 4.58. The molecule has 0 saturated carbocycles. The van der Waals surface area contributed by atoms with E-state index in [1.807, 2.05) is 36.4 Å². The third-order valence-corrected chi connectivity index (χ3v) is 3.36. The fourth-order valence-corrected chi connectivity index (χ4v) is 2.44. The smallest absolute Gasteiger partial charge is 0.247 e. The molecule has 1 aliphatic heterocycles. The van der Waals surface area contributed by atoms with Crippen LogP contribution in [0, 0.1) is 0 Å². The number of benzene rings is 2. The van der Waals surface area contributed by atoms with Crippen molar-refractivity contribution in [2.45, 2.75) is 11.8 Å². The van der Waals surface area contributed by atoms with Crippen LogP contribution >= 0.6 is 0 Å². The second-order valence-electron chi connectivity index (χ2n) is 4.58. The Morgan fingerprint density at radius 1 is 0.600 bits per heavy atom. The van der Waals surface area contributed by atoms with Gasteiger partial charge in [0.1, 0.15) is 11.8 Å². The minimum atomic E-state index is -0.681. The minimum absolute atomic E-state index is 0.551. The summed E-state index contributed by atoms with van der Waals surface area (Å²) < 4.78 is 0. The Morgan fingerprint density at radius 3 is 1.30 bits per heavy atom. The number of carbonyl (C=O) groups is 2. The first-order valence-corrected chi connectivity index (χ1v) is 6.29. The van der Waals surface area contributed by atoms with Crippen LogP contribution in [0.4, 0.5) is 0 Å². The molecule has 0 amide bonds. The first kappa shape index (κ1) is 12.4. The van der Waals surface area contributed by atoms with Gasteiger partial charge in [-0.3, -0.25) is 0 Å². The van der Waals surface area contributed by atoms with E-state index in [2.05, 4.69) is 9.78 Å². The van der Waals surface area contributed by atoms with E-state index in [4.69, 9.17) is 0 Å². The molecule has 3 rings (SSSR count). The molecule has 1 saturated heterocycles. The summed E-state index contributed by atoms with van der Waals surface area (Å²) in [6, 6.07) is 18.2. The lowest BCUT2D eigenvalue weighted by Gasteiger charge is -2.27. The predicted molar refractivity (Wildman–Crippen MR) is 70.6 cm³/mol. The van der Waals surface area contributed by atoms with Gasteiger partial charge in [-0.05, 0) is 11.1 Å². The van der Waals surface area contributed by atoms with E-state index in [-0.39, 0.29) is 0 Å². The van der Waals surface area contributed by atoms with Crippen LogP contribution in [0.5, 0.6) is 0 Å². The summed E-state index contributed by atoms with van der Waals surface area (Å²) in [6.45, 7) is 0. The molecule has 0 spiro atoms. The van der Waals surface area contributed by atoms with Crippen molar-refractivity contribution >= 4 is 11.9 Å². The van der Waals surface area contributed by atoms with E-state index in [1.165, 1.54) is 0 Å².